The van der Waals surface area contributed by atoms with E-state index in [1.807, 2.05) is 30.3 Å². The summed E-state index contributed by atoms with van der Waals surface area (Å²) in [4.78, 5) is 0. The highest BCUT2D eigenvalue weighted by molar-refractivity contribution is 5.70. The van der Waals surface area contributed by atoms with Crippen molar-refractivity contribution in [1.82, 2.24) is 0 Å². The standard InChI is InChI=1S/C13H13FN2O/c14-10-6-11(15)13(16)12(7-10)17-8-9-4-2-1-3-5-9/h1-7H,8,15-16H2. The van der Waals surface area contributed by atoms with Crippen LogP contribution in [-0.2, 0) is 6.61 Å². The minimum Gasteiger partial charge on any atom is -0.487 e. The first kappa shape index (κ1) is 11.3. The Hall–Kier alpha value is -2.23. The van der Waals surface area contributed by atoms with Crippen LogP contribution in [0.15, 0.2) is 42.5 Å². The number of anilines is 2. The quantitative estimate of drug-likeness (QED) is 0.799. The van der Waals surface area contributed by atoms with Gasteiger partial charge in [0.2, 0.25) is 0 Å². The van der Waals surface area contributed by atoms with E-state index in [4.69, 9.17) is 16.2 Å². The molecule has 4 heteroatoms. The Morgan fingerprint density at radius 1 is 1.06 bits per heavy atom. The zero-order valence-corrected chi connectivity index (χ0v) is 9.19. The molecular formula is C13H13FN2O. The van der Waals surface area contributed by atoms with Gasteiger partial charge in [-0.3, -0.25) is 0 Å². The highest BCUT2D eigenvalue weighted by atomic mass is 19.1. The van der Waals surface area contributed by atoms with E-state index in [2.05, 4.69) is 0 Å². The maximum atomic E-state index is 13.1. The summed E-state index contributed by atoms with van der Waals surface area (Å²) in [5.41, 5.74) is 12.7. The van der Waals surface area contributed by atoms with E-state index in [1.54, 1.807) is 0 Å². The zero-order chi connectivity index (χ0) is 12.3. The van der Waals surface area contributed by atoms with Crippen molar-refractivity contribution < 1.29 is 9.13 Å². The first-order valence-electron chi connectivity index (χ1n) is 5.18. The molecule has 0 amide bonds. The van der Waals surface area contributed by atoms with E-state index < -0.39 is 5.82 Å². The number of ether oxygens (including phenoxy) is 1. The molecule has 0 aliphatic carbocycles. The molecule has 0 fully saturated rings. The number of nitrogens with two attached hydrogens (primary N) is 2. The van der Waals surface area contributed by atoms with Crippen LogP contribution in [-0.4, -0.2) is 0 Å². The summed E-state index contributed by atoms with van der Waals surface area (Å²) >= 11 is 0. The Balaban J connectivity index is 2.14. The van der Waals surface area contributed by atoms with Crippen molar-refractivity contribution in [1.29, 1.82) is 0 Å². The molecule has 0 saturated heterocycles. The second-order valence-electron chi connectivity index (χ2n) is 3.68. The van der Waals surface area contributed by atoms with Crippen LogP contribution in [0.25, 0.3) is 0 Å². The van der Waals surface area contributed by atoms with Crippen molar-refractivity contribution in [2.45, 2.75) is 6.61 Å². The summed E-state index contributed by atoms with van der Waals surface area (Å²) in [6, 6.07) is 12.0. The Morgan fingerprint density at radius 2 is 1.76 bits per heavy atom. The van der Waals surface area contributed by atoms with Crippen LogP contribution in [0.1, 0.15) is 5.56 Å². The van der Waals surface area contributed by atoms with Gasteiger partial charge in [-0.05, 0) is 11.6 Å². The lowest BCUT2D eigenvalue weighted by atomic mass is 10.2. The highest BCUT2D eigenvalue weighted by Crippen LogP contribution is 2.29. The average Bonchev–Trinajstić information content (AvgIpc) is 2.33. The van der Waals surface area contributed by atoms with Gasteiger partial charge in [-0.1, -0.05) is 30.3 Å². The fraction of sp³-hybridized carbons (Fsp3) is 0.0769. The molecule has 17 heavy (non-hydrogen) atoms. The van der Waals surface area contributed by atoms with Gasteiger partial charge in [0.1, 0.15) is 18.2 Å². The van der Waals surface area contributed by atoms with Gasteiger partial charge >= 0.3 is 0 Å². The Morgan fingerprint density at radius 3 is 2.47 bits per heavy atom. The molecule has 0 unspecified atom stereocenters. The maximum absolute atomic E-state index is 13.1. The fourth-order valence-electron chi connectivity index (χ4n) is 1.47. The smallest absolute Gasteiger partial charge is 0.147 e. The first-order chi connectivity index (χ1) is 8.16. The summed E-state index contributed by atoms with van der Waals surface area (Å²) < 4.78 is 18.6. The van der Waals surface area contributed by atoms with Crippen LogP contribution in [0, 0.1) is 5.82 Å². The van der Waals surface area contributed by atoms with Crippen molar-refractivity contribution >= 4 is 11.4 Å². The van der Waals surface area contributed by atoms with E-state index in [1.165, 1.54) is 12.1 Å². The van der Waals surface area contributed by atoms with Crippen LogP contribution < -0.4 is 16.2 Å². The van der Waals surface area contributed by atoms with Gasteiger partial charge in [-0.15, -0.1) is 0 Å². The van der Waals surface area contributed by atoms with Crippen molar-refractivity contribution in [2.24, 2.45) is 0 Å². The van der Waals surface area contributed by atoms with E-state index in [0.717, 1.165) is 5.56 Å². The molecule has 0 atom stereocenters. The van der Waals surface area contributed by atoms with Crippen LogP contribution >= 0.6 is 0 Å². The van der Waals surface area contributed by atoms with Gasteiger partial charge < -0.3 is 16.2 Å². The third-order valence-electron chi connectivity index (χ3n) is 2.38. The normalized spacial score (nSPS) is 10.2. The largest absolute Gasteiger partial charge is 0.487 e. The van der Waals surface area contributed by atoms with Gasteiger partial charge in [-0.2, -0.15) is 0 Å². The third kappa shape index (κ3) is 2.66. The van der Waals surface area contributed by atoms with Crippen molar-refractivity contribution in [3.05, 3.63) is 53.8 Å². The lowest BCUT2D eigenvalue weighted by molar-refractivity contribution is 0.306. The molecule has 0 aliphatic rings. The minimum absolute atomic E-state index is 0.188. The van der Waals surface area contributed by atoms with Gasteiger partial charge in [0, 0.05) is 6.07 Å². The summed E-state index contributed by atoms with van der Waals surface area (Å²) in [6.45, 7) is 0.327. The molecule has 0 saturated carbocycles. The van der Waals surface area contributed by atoms with Crippen LogP contribution in [0.2, 0.25) is 0 Å². The van der Waals surface area contributed by atoms with Crippen LogP contribution in [0.5, 0.6) is 5.75 Å². The molecule has 2 rings (SSSR count). The number of benzene rings is 2. The van der Waals surface area contributed by atoms with E-state index in [-0.39, 0.29) is 17.1 Å². The molecule has 88 valence electrons. The summed E-state index contributed by atoms with van der Waals surface area (Å²) in [7, 11) is 0. The maximum Gasteiger partial charge on any atom is 0.147 e. The second-order valence-corrected chi connectivity index (χ2v) is 3.68. The number of halogens is 1. The predicted octanol–water partition coefficient (Wildman–Crippen LogP) is 2.57. The lowest BCUT2D eigenvalue weighted by Crippen LogP contribution is -2.02. The number of rotatable bonds is 3. The molecule has 2 aromatic carbocycles. The summed E-state index contributed by atoms with van der Waals surface area (Å²) in [6.07, 6.45) is 0. The average molecular weight is 232 g/mol. The second kappa shape index (κ2) is 4.74. The monoisotopic (exact) mass is 232 g/mol. The summed E-state index contributed by atoms with van der Waals surface area (Å²) in [5.74, 6) is -0.189. The van der Waals surface area contributed by atoms with E-state index in [0.29, 0.717) is 6.61 Å². The number of hydrogen-bond donors (Lipinski definition) is 2. The topological polar surface area (TPSA) is 61.3 Å². The molecular weight excluding hydrogens is 219 g/mol. The lowest BCUT2D eigenvalue weighted by Gasteiger charge is -2.10. The zero-order valence-electron chi connectivity index (χ0n) is 9.19. The van der Waals surface area contributed by atoms with Crippen LogP contribution in [0.4, 0.5) is 15.8 Å². The number of hydrogen-bond acceptors (Lipinski definition) is 3. The number of nitrogen functional groups attached to an aromatic ring is 2. The van der Waals surface area contributed by atoms with Crippen molar-refractivity contribution in [3.63, 3.8) is 0 Å². The SMILES string of the molecule is Nc1cc(F)cc(OCc2ccccc2)c1N. The predicted molar refractivity (Wildman–Crippen MR) is 66.0 cm³/mol. The molecule has 0 bridgehead atoms. The Bertz CT molecular complexity index is 514. The van der Waals surface area contributed by atoms with Gasteiger partial charge in [0.05, 0.1) is 11.4 Å². The molecule has 2 aromatic rings. The molecule has 0 heterocycles. The van der Waals surface area contributed by atoms with Gasteiger partial charge in [-0.25, -0.2) is 4.39 Å². The van der Waals surface area contributed by atoms with Crippen LogP contribution in [0.3, 0.4) is 0 Å². The Labute approximate surface area is 98.8 Å². The molecule has 0 spiro atoms. The molecule has 0 aromatic heterocycles. The third-order valence-corrected chi connectivity index (χ3v) is 2.38. The molecule has 4 N–H and O–H groups in total. The van der Waals surface area contributed by atoms with Crippen molar-refractivity contribution in [2.75, 3.05) is 11.5 Å². The first-order valence-corrected chi connectivity index (χ1v) is 5.18. The van der Waals surface area contributed by atoms with E-state index >= 15 is 0 Å². The fourth-order valence-corrected chi connectivity index (χ4v) is 1.47. The summed E-state index contributed by atoms with van der Waals surface area (Å²) in [5, 5.41) is 0. The van der Waals surface area contributed by atoms with Gasteiger partial charge in [0.15, 0.2) is 0 Å². The molecule has 0 aliphatic heterocycles. The van der Waals surface area contributed by atoms with Gasteiger partial charge in [0.25, 0.3) is 0 Å². The van der Waals surface area contributed by atoms with E-state index in [9.17, 15) is 4.39 Å². The minimum atomic E-state index is -0.459. The molecule has 0 radical (unpaired) electrons. The Kier molecular flexibility index (Phi) is 3.14. The molecule has 3 nitrogen and oxygen atoms in total. The highest BCUT2D eigenvalue weighted by Gasteiger charge is 2.07. The van der Waals surface area contributed by atoms with Crippen molar-refractivity contribution in [3.8, 4) is 5.75 Å².